The number of nitrogens with zero attached hydrogens (tertiary/aromatic N) is 1. The molecule has 0 radical (unpaired) electrons. The van der Waals surface area contributed by atoms with Crippen LogP contribution in [0, 0.1) is 0 Å². The molecule has 0 aliphatic heterocycles. The molecule has 1 aromatic heterocycles. The molecule has 1 atom stereocenters. The molecule has 0 saturated carbocycles. The largest absolute Gasteiger partial charge is 0.417 e. The molecule has 0 aliphatic carbocycles. The third-order valence-corrected chi connectivity index (χ3v) is 6.82. The molecule has 0 aliphatic rings. The topological polar surface area (TPSA) is 114 Å². The minimum absolute atomic E-state index is 0.0625. The Labute approximate surface area is 193 Å². The summed E-state index contributed by atoms with van der Waals surface area (Å²) in [4.78, 5) is 12.7. The molecule has 0 saturated heterocycles. The number of hydrogen-bond donors (Lipinski definition) is 1. The Bertz CT molecular complexity index is 1490. The van der Waals surface area contributed by atoms with E-state index in [1.165, 1.54) is 30.3 Å². The summed E-state index contributed by atoms with van der Waals surface area (Å²) in [5.74, 6) is -0.186. The fraction of sp³-hybridized carbons (Fsp3) is 0. The standard InChI is InChI=1S/C21H14BrNO7S2/c22-15-7-5-8-16(13-15)23(31(25)26)18-12-14-6-4-11-19(20(14)29-21(18)24)30-32(27,28)17-9-2-1-3-10-17/h1-13H,(H,25,26). The summed E-state index contributed by atoms with van der Waals surface area (Å²) in [5, 5.41) is 0.297. The highest BCUT2D eigenvalue weighted by molar-refractivity contribution is 9.10. The highest BCUT2D eigenvalue weighted by Crippen LogP contribution is 2.32. The summed E-state index contributed by atoms with van der Waals surface area (Å²) in [7, 11) is -4.17. The van der Waals surface area contributed by atoms with Crippen molar-refractivity contribution in [1.29, 1.82) is 0 Å². The van der Waals surface area contributed by atoms with E-state index >= 15 is 0 Å². The smallest absolute Gasteiger partial charge is 0.361 e. The second-order valence-corrected chi connectivity index (χ2v) is 9.74. The maximum atomic E-state index is 12.8. The first-order valence-electron chi connectivity index (χ1n) is 8.99. The molecule has 32 heavy (non-hydrogen) atoms. The second kappa shape index (κ2) is 8.87. The van der Waals surface area contributed by atoms with Crippen molar-refractivity contribution < 1.29 is 25.8 Å². The highest BCUT2D eigenvalue weighted by Gasteiger charge is 2.23. The molecular weight excluding hydrogens is 522 g/mol. The summed E-state index contributed by atoms with van der Waals surface area (Å²) < 4.78 is 59.1. The minimum atomic E-state index is -4.17. The average molecular weight is 536 g/mol. The van der Waals surface area contributed by atoms with Crippen molar-refractivity contribution in [3.8, 4) is 5.75 Å². The fourth-order valence-corrected chi connectivity index (χ4v) is 4.91. The Morgan fingerprint density at radius 1 is 0.969 bits per heavy atom. The van der Waals surface area contributed by atoms with Crippen molar-refractivity contribution in [2.45, 2.75) is 4.90 Å². The van der Waals surface area contributed by atoms with Crippen LogP contribution in [0.15, 0.2) is 97.4 Å². The number of halogens is 1. The summed E-state index contributed by atoms with van der Waals surface area (Å²) >= 11 is 0.697. The first kappa shape index (κ1) is 22.2. The third-order valence-electron chi connectivity index (χ3n) is 4.35. The van der Waals surface area contributed by atoms with Crippen LogP contribution in [0.2, 0.25) is 0 Å². The lowest BCUT2D eigenvalue weighted by Crippen LogP contribution is -2.24. The summed E-state index contributed by atoms with van der Waals surface area (Å²) in [6.07, 6.45) is 0. The second-order valence-electron chi connectivity index (χ2n) is 6.45. The maximum Gasteiger partial charge on any atom is 0.361 e. The molecule has 1 N–H and O–H groups in total. The molecule has 11 heteroatoms. The van der Waals surface area contributed by atoms with Crippen LogP contribution in [-0.2, 0) is 21.4 Å². The van der Waals surface area contributed by atoms with E-state index in [0.29, 0.717) is 9.86 Å². The lowest BCUT2D eigenvalue weighted by Gasteiger charge is -2.19. The maximum absolute atomic E-state index is 12.8. The van der Waals surface area contributed by atoms with Gasteiger partial charge in [-0.3, -0.25) is 4.55 Å². The van der Waals surface area contributed by atoms with Crippen molar-refractivity contribution in [3.05, 3.63) is 93.8 Å². The summed E-state index contributed by atoms with van der Waals surface area (Å²) in [5.41, 5.74) is -1.00. The Morgan fingerprint density at radius 3 is 2.38 bits per heavy atom. The normalized spacial score (nSPS) is 12.4. The third kappa shape index (κ3) is 4.46. The number of anilines is 2. The van der Waals surface area contributed by atoms with Crippen LogP contribution in [0.1, 0.15) is 0 Å². The van der Waals surface area contributed by atoms with Gasteiger partial charge in [0, 0.05) is 9.86 Å². The van der Waals surface area contributed by atoms with Crippen LogP contribution >= 0.6 is 15.9 Å². The number of para-hydroxylation sites is 1. The molecular formula is C21H14BrNO7S2. The van der Waals surface area contributed by atoms with Gasteiger partial charge in [0.1, 0.15) is 10.6 Å². The lowest BCUT2D eigenvalue weighted by molar-refractivity contribution is 0.475. The molecule has 1 heterocycles. The quantitative estimate of drug-likeness (QED) is 0.218. The van der Waals surface area contributed by atoms with Gasteiger partial charge < -0.3 is 8.60 Å². The van der Waals surface area contributed by atoms with Crippen LogP contribution in [0.4, 0.5) is 11.4 Å². The van der Waals surface area contributed by atoms with Crippen LogP contribution in [0.25, 0.3) is 11.0 Å². The van der Waals surface area contributed by atoms with Gasteiger partial charge in [0.05, 0.1) is 5.69 Å². The van der Waals surface area contributed by atoms with Crippen LogP contribution in [0.3, 0.4) is 0 Å². The van der Waals surface area contributed by atoms with Gasteiger partial charge in [-0.05, 0) is 42.5 Å². The van der Waals surface area contributed by atoms with Crippen LogP contribution in [0.5, 0.6) is 5.75 Å². The monoisotopic (exact) mass is 535 g/mol. The van der Waals surface area contributed by atoms with E-state index in [-0.39, 0.29) is 27.6 Å². The fourth-order valence-electron chi connectivity index (χ4n) is 2.98. The highest BCUT2D eigenvalue weighted by atomic mass is 79.9. The first-order chi connectivity index (χ1) is 15.3. The van der Waals surface area contributed by atoms with Gasteiger partial charge in [-0.2, -0.15) is 8.42 Å². The molecule has 3 aromatic carbocycles. The van der Waals surface area contributed by atoms with Crippen molar-refractivity contribution >= 4 is 59.7 Å². The molecule has 4 aromatic rings. The summed E-state index contributed by atoms with van der Waals surface area (Å²) in [6.45, 7) is 0. The van der Waals surface area contributed by atoms with E-state index in [4.69, 9.17) is 8.60 Å². The van der Waals surface area contributed by atoms with Crippen LogP contribution < -0.4 is 14.1 Å². The zero-order valence-corrected chi connectivity index (χ0v) is 19.3. The molecule has 0 spiro atoms. The SMILES string of the molecule is O=c1oc2c(OS(=O)(=O)c3ccccc3)cccc2cc1N(c1cccc(Br)c1)S(=O)O. The van der Waals surface area contributed by atoms with Gasteiger partial charge >= 0.3 is 15.7 Å². The van der Waals surface area contributed by atoms with Crippen molar-refractivity contribution in [1.82, 2.24) is 0 Å². The molecule has 164 valence electrons. The predicted octanol–water partition coefficient (Wildman–Crippen LogP) is 4.60. The summed E-state index contributed by atoms with van der Waals surface area (Å²) in [6, 6.07) is 19.8. The Kier molecular flexibility index (Phi) is 6.15. The molecule has 8 nitrogen and oxygen atoms in total. The number of rotatable bonds is 6. The van der Waals surface area contributed by atoms with Gasteiger partial charge in [0.25, 0.3) is 11.3 Å². The van der Waals surface area contributed by atoms with E-state index in [2.05, 4.69) is 15.9 Å². The van der Waals surface area contributed by atoms with Gasteiger partial charge in [0.15, 0.2) is 11.3 Å². The average Bonchev–Trinajstić information content (AvgIpc) is 2.75. The van der Waals surface area contributed by atoms with Crippen molar-refractivity contribution in [2.75, 3.05) is 4.31 Å². The van der Waals surface area contributed by atoms with E-state index in [1.54, 1.807) is 48.5 Å². The molecule has 0 fully saturated rings. The van der Waals surface area contributed by atoms with Crippen molar-refractivity contribution in [2.24, 2.45) is 0 Å². The van der Waals surface area contributed by atoms with E-state index in [9.17, 15) is 22.0 Å². The van der Waals surface area contributed by atoms with Gasteiger partial charge in [-0.25, -0.2) is 13.3 Å². The Balaban J connectivity index is 1.82. The molecule has 4 rings (SSSR count). The minimum Gasteiger partial charge on any atom is -0.417 e. The molecule has 0 bridgehead atoms. The van der Waals surface area contributed by atoms with E-state index < -0.39 is 27.0 Å². The number of fused-ring (bicyclic) bond motifs is 1. The first-order valence-corrected chi connectivity index (χ1v) is 12.3. The number of benzene rings is 3. The zero-order chi connectivity index (χ0) is 22.9. The molecule has 1 unspecified atom stereocenters. The van der Waals surface area contributed by atoms with Gasteiger partial charge in [0.2, 0.25) is 0 Å². The van der Waals surface area contributed by atoms with Gasteiger partial charge in [-0.1, -0.05) is 52.3 Å². The van der Waals surface area contributed by atoms with E-state index in [0.717, 1.165) is 4.31 Å². The Hall–Kier alpha value is -2.99. The van der Waals surface area contributed by atoms with Crippen LogP contribution in [-0.4, -0.2) is 17.2 Å². The van der Waals surface area contributed by atoms with Crippen molar-refractivity contribution in [3.63, 3.8) is 0 Å². The number of hydrogen-bond acceptors (Lipinski definition) is 6. The Morgan fingerprint density at radius 2 is 1.69 bits per heavy atom. The lowest BCUT2D eigenvalue weighted by atomic mass is 10.2. The van der Waals surface area contributed by atoms with Gasteiger partial charge in [-0.15, -0.1) is 0 Å². The van der Waals surface area contributed by atoms with E-state index in [1.807, 2.05) is 0 Å². The molecule has 0 amide bonds. The predicted molar refractivity (Wildman–Crippen MR) is 124 cm³/mol. The zero-order valence-electron chi connectivity index (χ0n) is 16.0.